The van der Waals surface area contributed by atoms with Gasteiger partial charge in [0.05, 0.1) is 13.2 Å². The van der Waals surface area contributed by atoms with Gasteiger partial charge in [0.15, 0.2) is 11.5 Å². The molecule has 5 nitrogen and oxygen atoms in total. The van der Waals surface area contributed by atoms with Gasteiger partial charge in [-0.25, -0.2) is 0 Å². The summed E-state index contributed by atoms with van der Waals surface area (Å²) in [6.45, 7) is 6.50. The van der Waals surface area contributed by atoms with Gasteiger partial charge < -0.3 is 20.1 Å². The number of benzene rings is 2. The average Bonchev–Trinajstić information content (AvgIpc) is 3.12. The predicted octanol–water partition coefficient (Wildman–Crippen LogP) is 4.25. The summed E-state index contributed by atoms with van der Waals surface area (Å²) in [5.41, 5.74) is 8.14. The minimum absolute atomic E-state index is 0. The molecule has 1 aliphatic rings. The topological polar surface area (TPSA) is 64.8 Å². The molecule has 0 spiro atoms. The highest BCUT2D eigenvalue weighted by molar-refractivity contribution is 5.95. The molecule has 1 amide bonds. The average molecular weight is 419 g/mol. The van der Waals surface area contributed by atoms with Gasteiger partial charge in [-0.15, -0.1) is 12.4 Å². The van der Waals surface area contributed by atoms with E-state index in [1.807, 2.05) is 35.2 Å². The van der Waals surface area contributed by atoms with E-state index in [2.05, 4.69) is 26.0 Å². The van der Waals surface area contributed by atoms with Crippen molar-refractivity contribution in [2.45, 2.75) is 38.6 Å². The SMILES string of the molecule is CCCOc1ccc(C(=O)N2C[C@@H](N)[C@H](c3ccccc3)C2)cc1OCCC.Cl. The van der Waals surface area contributed by atoms with Crippen molar-refractivity contribution in [3.63, 3.8) is 0 Å². The van der Waals surface area contributed by atoms with Crippen molar-refractivity contribution < 1.29 is 14.3 Å². The molecule has 2 atom stereocenters. The quantitative estimate of drug-likeness (QED) is 0.695. The van der Waals surface area contributed by atoms with Crippen LogP contribution in [0.15, 0.2) is 48.5 Å². The lowest BCUT2D eigenvalue weighted by atomic mass is 9.95. The van der Waals surface area contributed by atoms with Gasteiger partial charge in [-0.3, -0.25) is 4.79 Å². The third-order valence-electron chi connectivity index (χ3n) is 4.99. The lowest BCUT2D eigenvalue weighted by Gasteiger charge is -2.18. The summed E-state index contributed by atoms with van der Waals surface area (Å²) in [5.74, 6) is 1.46. The molecule has 0 bridgehead atoms. The Bertz CT molecular complexity index is 785. The lowest BCUT2D eigenvalue weighted by molar-refractivity contribution is 0.0788. The van der Waals surface area contributed by atoms with Crippen LogP contribution in [0.3, 0.4) is 0 Å². The van der Waals surface area contributed by atoms with Crippen LogP contribution in [0.5, 0.6) is 11.5 Å². The van der Waals surface area contributed by atoms with E-state index in [-0.39, 0.29) is 30.3 Å². The Morgan fingerprint density at radius 2 is 1.66 bits per heavy atom. The second kappa shape index (κ2) is 11.1. The fraction of sp³-hybridized carbons (Fsp3) is 0.435. The molecule has 0 radical (unpaired) electrons. The fourth-order valence-electron chi connectivity index (χ4n) is 3.53. The lowest BCUT2D eigenvalue weighted by Crippen LogP contribution is -2.32. The molecule has 2 aromatic rings. The molecule has 1 saturated heterocycles. The van der Waals surface area contributed by atoms with E-state index in [9.17, 15) is 4.79 Å². The Labute approximate surface area is 179 Å². The monoisotopic (exact) mass is 418 g/mol. The molecule has 1 fully saturated rings. The first kappa shape index (κ1) is 23.0. The minimum Gasteiger partial charge on any atom is -0.490 e. The Kier molecular flexibility index (Phi) is 8.80. The number of ether oxygens (including phenoxy) is 2. The maximum Gasteiger partial charge on any atom is 0.254 e. The number of likely N-dealkylation sites (tertiary alicyclic amines) is 1. The third-order valence-corrected chi connectivity index (χ3v) is 4.99. The van der Waals surface area contributed by atoms with Crippen LogP contribution in [0.4, 0.5) is 0 Å². The number of halogens is 1. The first-order valence-corrected chi connectivity index (χ1v) is 10.1. The molecular weight excluding hydrogens is 388 g/mol. The Morgan fingerprint density at radius 3 is 2.31 bits per heavy atom. The van der Waals surface area contributed by atoms with Gasteiger partial charge in [0, 0.05) is 30.6 Å². The highest BCUT2D eigenvalue weighted by Gasteiger charge is 2.34. The van der Waals surface area contributed by atoms with Gasteiger partial charge in [-0.1, -0.05) is 44.2 Å². The summed E-state index contributed by atoms with van der Waals surface area (Å²) in [5, 5.41) is 0. The molecule has 0 aliphatic carbocycles. The standard InChI is InChI=1S/C23H30N2O3.ClH/c1-3-12-27-21-11-10-18(14-22(21)28-13-4-2)23(26)25-15-19(20(24)16-25)17-8-6-5-7-9-17;/h5-11,14,19-20H,3-4,12-13,15-16,24H2,1-2H3;1H/t19-,20+;/m0./s1. The first-order valence-electron chi connectivity index (χ1n) is 10.1. The van der Waals surface area contributed by atoms with Crippen LogP contribution in [-0.2, 0) is 0 Å². The predicted molar refractivity (Wildman–Crippen MR) is 118 cm³/mol. The molecule has 0 unspecified atom stereocenters. The minimum atomic E-state index is -0.0608. The van der Waals surface area contributed by atoms with E-state index in [0.29, 0.717) is 43.4 Å². The summed E-state index contributed by atoms with van der Waals surface area (Å²) in [6, 6.07) is 15.6. The number of nitrogens with zero attached hydrogens (tertiary/aromatic N) is 1. The molecule has 0 aromatic heterocycles. The highest BCUT2D eigenvalue weighted by Crippen LogP contribution is 2.31. The molecule has 158 valence electrons. The number of hydrogen-bond donors (Lipinski definition) is 1. The maximum absolute atomic E-state index is 13.1. The van der Waals surface area contributed by atoms with Crippen molar-refractivity contribution in [1.82, 2.24) is 4.90 Å². The zero-order valence-corrected chi connectivity index (χ0v) is 18.0. The normalized spacial score (nSPS) is 18.2. The van der Waals surface area contributed by atoms with Crippen molar-refractivity contribution in [3.05, 3.63) is 59.7 Å². The Morgan fingerprint density at radius 1 is 1.00 bits per heavy atom. The highest BCUT2D eigenvalue weighted by atomic mass is 35.5. The fourth-order valence-corrected chi connectivity index (χ4v) is 3.53. The molecule has 2 N–H and O–H groups in total. The number of carbonyl (C=O) groups is 1. The van der Waals surface area contributed by atoms with Crippen LogP contribution in [0, 0.1) is 0 Å². The van der Waals surface area contributed by atoms with Crippen LogP contribution in [-0.4, -0.2) is 43.2 Å². The van der Waals surface area contributed by atoms with Crippen molar-refractivity contribution >= 4 is 18.3 Å². The zero-order valence-electron chi connectivity index (χ0n) is 17.2. The number of hydrogen-bond acceptors (Lipinski definition) is 4. The number of nitrogens with two attached hydrogens (primary N) is 1. The van der Waals surface area contributed by atoms with Crippen LogP contribution in [0.25, 0.3) is 0 Å². The molecule has 3 rings (SSSR count). The molecule has 1 aliphatic heterocycles. The van der Waals surface area contributed by atoms with E-state index >= 15 is 0 Å². The van der Waals surface area contributed by atoms with Crippen LogP contribution >= 0.6 is 12.4 Å². The summed E-state index contributed by atoms with van der Waals surface area (Å²) in [7, 11) is 0. The van der Waals surface area contributed by atoms with Crippen LogP contribution in [0.1, 0.15) is 48.5 Å². The summed E-state index contributed by atoms with van der Waals surface area (Å²) < 4.78 is 11.6. The van der Waals surface area contributed by atoms with Gasteiger partial charge >= 0.3 is 0 Å². The summed E-state index contributed by atoms with van der Waals surface area (Å²) >= 11 is 0. The van der Waals surface area contributed by atoms with E-state index in [1.54, 1.807) is 6.07 Å². The number of rotatable bonds is 8. The smallest absolute Gasteiger partial charge is 0.254 e. The van der Waals surface area contributed by atoms with Crippen LogP contribution in [0.2, 0.25) is 0 Å². The first-order chi connectivity index (χ1) is 13.6. The van der Waals surface area contributed by atoms with E-state index in [0.717, 1.165) is 12.8 Å². The van der Waals surface area contributed by atoms with E-state index in [4.69, 9.17) is 15.2 Å². The van der Waals surface area contributed by atoms with Gasteiger partial charge in [0.1, 0.15) is 0 Å². The zero-order chi connectivity index (χ0) is 19.9. The third kappa shape index (κ3) is 5.64. The number of amides is 1. The number of carbonyl (C=O) groups excluding carboxylic acids is 1. The van der Waals surface area contributed by atoms with Crippen molar-refractivity contribution in [1.29, 1.82) is 0 Å². The second-order valence-corrected chi connectivity index (χ2v) is 7.25. The van der Waals surface area contributed by atoms with E-state index in [1.165, 1.54) is 5.56 Å². The van der Waals surface area contributed by atoms with E-state index < -0.39 is 0 Å². The van der Waals surface area contributed by atoms with Crippen molar-refractivity contribution in [3.8, 4) is 11.5 Å². The summed E-state index contributed by atoms with van der Waals surface area (Å²) in [4.78, 5) is 14.9. The van der Waals surface area contributed by atoms with Crippen molar-refractivity contribution in [2.24, 2.45) is 5.73 Å². The van der Waals surface area contributed by atoms with Gasteiger partial charge in [-0.05, 0) is 36.6 Å². The Hall–Kier alpha value is -2.24. The molecule has 2 aromatic carbocycles. The Balaban J connectivity index is 0.00000300. The molecule has 29 heavy (non-hydrogen) atoms. The van der Waals surface area contributed by atoms with Gasteiger partial charge in [0.25, 0.3) is 5.91 Å². The largest absolute Gasteiger partial charge is 0.490 e. The molecular formula is C23H31ClN2O3. The van der Waals surface area contributed by atoms with Gasteiger partial charge in [0.2, 0.25) is 0 Å². The molecule has 0 saturated carbocycles. The second-order valence-electron chi connectivity index (χ2n) is 7.25. The molecule has 6 heteroatoms. The molecule has 1 heterocycles. The maximum atomic E-state index is 13.1. The van der Waals surface area contributed by atoms with Crippen LogP contribution < -0.4 is 15.2 Å². The van der Waals surface area contributed by atoms with Crippen molar-refractivity contribution in [2.75, 3.05) is 26.3 Å². The summed E-state index contributed by atoms with van der Waals surface area (Å²) in [6.07, 6.45) is 1.81. The van der Waals surface area contributed by atoms with Gasteiger partial charge in [-0.2, -0.15) is 0 Å².